The van der Waals surface area contributed by atoms with Crippen LogP contribution in [-0.2, 0) is 0 Å². The molecule has 0 fully saturated rings. The van der Waals surface area contributed by atoms with Crippen LogP contribution in [0.1, 0.15) is 0 Å². The minimum absolute atomic E-state index is 0.854. The molecule has 0 spiro atoms. The van der Waals surface area contributed by atoms with E-state index in [1.165, 1.54) is 49.4 Å². The first kappa shape index (κ1) is 41.7. The summed E-state index contributed by atoms with van der Waals surface area (Å²) in [7, 11) is 0. The summed E-state index contributed by atoms with van der Waals surface area (Å²) >= 11 is 0. The van der Waals surface area contributed by atoms with Crippen LogP contribution in [-0.4, -0.2) is 0 Å². The second-order valence-corrected chi connectivity index (χ2v) is 18.1. The summed E-state index contributed by atoms with van der Waals surface area (Å²) < 4.78 is 6.47. The number of furan rings is 1. The second-order valence-electron chi connectivity index (χ2n) is 18.1. The Bertz CT molecular complexity index is 4050. The molecule has 0 amide bonds. The van der Waals surface area contributed by atoms with Crippen LogP contribution in [0.4, 0.5) is 34.1 Å². The molecule has 3 heteroatoms. The quantitative estimate of drug-likeness (QED) is 0.136. The lowest BCUT2D eigenvalue weighted by molar-refractivity contribution is 0.669. The molecule has 0 unspecified atom stereocenters. The predicted octanol–water partition coefficient (Wildman–Crippen LogP) is 19.5. The SMILES string of the molecule is c1ccc(-c2cccc(N(c3cccc(-c4cccc(N(c5ccc(-c6ccc7ccccc7c6)cc5)c5ccc(-c6cccc7ccccc67)cc5)c4)c3)c3cccc4oc5ccccc5c34)c2)cc1. The summed E-state index contributed by atoms with van der Waals surface area (Å²) in [6.45, 7) is 0. The number of anilines is 6. The van der Waals surface area contributed by atoms with Crippen molar-refractivity contribution in [2.24, 2.45) is 0 Å². The van der Waals surface area contributed by atoms with Crippen LogP contribution in [0.25, 0.3) is 88.0 Å². The molecule has 0 radical (unpaired) electrons. The Labute approximate surface area is 413 Å². The maximum absolute atomic E-state index is 6.47. The van der Waals surface area contributed by atoms with Gasteiger partial charge in [0.15, 0.2) is 0 Å². The Morgan fingerprint density at radius 3 is 1.41 bits per heavy atom. The van der Waals surface area contributed by atoms with Gasteiger partial charge in [-0.05, 0) is 151 Å². The van der Waals surface area contributed by atoms with Crippen molar-refractivity contribution in [3.05, 3.63) is 279 Å². The number of nitrogens with zero attached hydrogens (tertiary/aromatic N) is 2. The minimum atomic E-state index is 0.854. The van der Waals surface area contributed by atoms with E-state index in [1.807, 2.05) is 6.07 Å². The van der Waals surface area contributed by atoms with Crippen LogP contribution >= 0.6 is 0 Å². The highest BCUT2D eigenvalue weighted by Crippen LogP contribution is 2.45. The summed E-state index contributed by atoms with van der Waals surface area (Å²) in [5.41, 5.74) is 17.4. The van der Waals surface area contributed by atoms with E-state index in [0.29, 0.717) is 0 Å². The zero-order valence-corrected chi connectivity index (χ0v) is 38.9. The van der Waals surface area contributed by atoms with Crippen molar-refractivity contribution in [2.75, 3.05) is 9.80 Å². The molecule has 13 aromatic rings. The van der Waals surface area contributed by atoms with Gasteiger partial charge < -0.3 is 14.2 Å². The average molecular weight is 907 g/mol. The number of benzene rings is 12. The van der Waals surface area contributed by atoms with Crippen LogP contribution in [0.2, 0.25) is 0 Å². The van der Waals surface area contributed by atoms with Crippen molar-refractivity contribution in [2.45, 2.75) is 0 Å². The van der Waals surface area contributed by atoms with Crippen LogP contribution in [0.5, 0.6) is 0 Å². The predicted molar refractivity (Wildman–Crippen MR) is 300 cm³/mol. The van der Waals surface area contributed by atoms with Crippen molar-refractivity contribution in [3.8, 4) is 44.5 Å². The van der Waals surface area contributed by atoms with Crippen molar-refractivity contribution in [1.82, 2.24) is 0 Å². The van der Waals surface area contributed by atoms with Crippen LogP contribution in [0.3, 0.4) is 0 Å². The van der Waals surface area contributed by atoms with E-state index in [4.69, 9.17) is 4.42 Å². The molecule has 334 valence electrons. The smallest absolute Gasteiger partial charge is 0.137 e. The lowest BCUT2D eigenvalue weighted by Gasteiger charge is -2.28. The van der Waals surface area contributed by atoms with Crippen molar-refractivity contribution in [3.63, 3.8) is 0 Å². The molecule has 0 N–H and O–H groups in total. The molecule has 1 aromatic heterocycles. The Morgan fingerprint density at radius 2 is 0.704 bits per heavy atom. The number of para-hydroxylation sites is 1. The van der Waals surface area contributed by atoms with E-state index in [1.54, 1.807) is 0 Å². The summed E-state index contributed by atoms with van der Waals surface area (Å²) in [5.74, 6) is 0. The summed E-state index contributed by atoms with van der Waals surface area (Å²) in [4.78, 5) is 4.75. The molecule has 0 aliphatic carbocycles. The lowest BCUT2D eigenvalue weighted by atomic mass is 9.98. The van der Waals surface area contributed by atoms with E-state index in [9.17, 15) is 0 Å². The highest BCUT2D eigenvalue weighted by molar-refractivity contribution is 6.13. The fourth-order valence-electron chi connectivity index (χ4n) is 10.4. The van der Waals surface area contributed by atoms with Crippen LogP contribution in [0, 0.1) is 0 Å². The van der Waals surface area contributed by atoms with Gasteiger partial charge in [-0.2, -0.15) is 0 Å². The molecule has 1 heterocycles. The molecular formula is C68H46N2O. The van der Waals surface area contributed by atoms with E-state index >= 15 is 0 Å². The fourth-order valence-corrected chi connectivity index (χ4v) is 10.4. The molecule has 13 rings (SSSR count). The third kappa shape index (κ3) is 7.86. The van der Waals surface area contributed by atoms with Crippen LogP contribution in [0.15, 0.2) is 283 Å². The molecule has 3 nitrogen and oxygen atoms in total. The summed E-state index contributed by atoms with van der Waals surface area (Å²) in [6.07, 6.45) is 0. The Morgan fingerprint density at radius 1 is 0.239 bits per heavy atom. The normalized spacial score (nSPS) is 11.4. The number of rotatable bonds is 10. The number of hydrogen-bond donors (Lipinski definition) is 0. The Hall–Kier alpha value is -9.44. The Balaban J connectivity index is 0.924. The second kappa shape index (κ2) is 17.9. The third-order valence-corrected chi connectivity index (χ3v) is 13.8. The lowest BCUT2D eigenvalue weighted by Crippen LogP contribution is -2.11. The van der Waals surface area contributed by atoms with Crippen molar-refractivity contribution in [1.29, 1.82) is 0 Å². The molecule has 0 atom stereocenters. The van der Waals surface area contributed by atoms with Gasteiger partial charge in [-0.3, -0.25) is 0 Å². The van der Waals surface area contributed by atoms with Crippen molar-refractivity contribution >= 4 is 77.6 Å². The van der Waals surface area contributed by atoms with Gasteiger partial charge in [-0.1, -0.05) is 194 Å². The Kier molecular flexibility index (Phi) is 10.5. The molecule has 0 saturated carbocycles. The monoisotopic (exact) mass is 906 g/mol. The highest BCUT2D eigenvalue weighted by atomic mass is 16.3. The first-order valence-corrected chi connectivity index (χ1v) is 24.2. The number of fused-ring (bicyclic) bond motifs is 5. The van der Waals surface area contributed by atoms with Gasteiger partial charge in [0.25, 0.3) is 0 Å². The molecule has 71 heavy (non-hydrogen) atoms. The number of hydrogen-bond acceptors (Lipinski definition) is 3. The van der Waals surface area contributed by atoms with Crippen molar-refractivity contribution < 1.29 is 4.42 Å². The van der Waals surface area contributed by atoms with Crippen LogP contribution < -0.4 is 9.80 Å². The maximum atomic E-state index is 6.47. The zero-order chi connectivity index (χ0) is 47.1. The zero-order valence-electron chi connectivity index (χ0n) is 38.9. The van der Waals surface area contributed by atoms with E-state index in [-0.39, 0.29) is 0 Å². The van der Waals surface area contributed by atoms with Gasteiger partial charge in [0.05, 0.1) is 11.1 Å². The van der Waals surface area contributed by atoms with E-state index < -0.39 is 0 Å². The molecule has 0 aliphatic rings. The minimum Gasteiger partial charge on any atom is -0.456 e. The molecular weight excluding hydrogens is 861 g/mol. The third-order valence-electron chi connectivity index (χ3n) is 13.8. The van der Waals surface area contributed by atoms with Gasteiger partial charge in [-0.15, -0.1) is 0 Å². The first-order chi connectivity index (χ1) is 35.2. The largest absolute Gasteiger partial charge is 0.456 e. The van der Waals surface area contributed by atoms with Gasteiger partial charge in [-0.25, -0.2) is 0 Å². The summed E-state index contributed by atoms with van der Waals surface area (Å²) in [5, 5.41) is 7.12. The summed E-state index contributed by atoms with van der Waals surface area (Å²) in [6, 6.07) is 100. The first-order valence-electron chi connectivity index (χ1n) is 24.2. The van der Waals surface area contributed by atoms with E-state index in [0.717, 1.165) is 72.8 Å². The molecule has 0 bridgehead atoms. The highest BCUT2D eigenvalue weighted by Gasteiger charge is 2.21. The molecule has 12 aromatic carbocycles. The molecule has 0 saturated heterocycles. The van der Waals surface area contributed by atoms with E-state index in [2.05, 4.69) is 283 Å². The average Bonchev–Trinajstić information content (AvgIpc) is 3.83. The topological polar surface area (TPSA) is 19.6 Å². The van der Waals surface area contributed by atoms with Gasteiger partial charge in [0, 0.05) is 33.8 Å². The standard InChI is InChI=1S/C68H46N2O/c1-2-15-47(16-3-1)53-21-10-25-60(44-53)70(65-30-14-32-67-68(65)64-28-8-9-31-66(64)71-67)61-26-12-23-55(46-61)54-22-11-24-59(45-54)69(57-39-35-49(36-40-57)56-34-33-48-17-4-5-19-52(48)43-56)58-41-37-51(38-42-58)63-29-13-20-50-18-6-7-27-62(50)63/h1-46H. The van der Waals surface area contributed by atoms with Gasteiger partial charge in [0.2, 0.25) is 0 Å². The fraction of sp³-hybridized carbons (Fsp3) is 0. The van der Waals surface area contributed by atoms with Gasteiger partial charge in [0.1, 0.15) is 11.2 Å². The molecule has 0 aliphatic heterocycles. The maximum Gasteiger partial charge on any atom is 0.137 e. The van der Waals surface area contributed by atoms with Gasteiger partial charge >= 0.3 is 0 Å².